The minimum Gasteiger partial charge on any atom is -0.494 e. The predicted octanol–water partition coefficient (Wildman–Crippen LogP) is 7.56. The molecular formula is C28H36O2. The van der Waals surface area contributed by atoms with Gasteiger partial charge in [-0.1, -0.05) is 69.9 Å². The zero-order chi connectivity index (χ0) is 21.3. The fourth-order valence-electron chi connectivity index (χ4n) is 2.97. The van der Waals surface area contributed by atoms with Crippen molar-refractivity contribution in [1.82, 2.24) is 0 Å². The van der Waals surface area contributed by atoms with Crippen LogP contribution in [-0.2, 0) is 0 Å². The summed E-state index contributed by atoms with van der Waals surface area (Å²) in [5.74, 6) is 8.21. The normalized spacial score (nSPS) is 10.6. The topological polar surface area (TPSA) is 18.5 Å². The summed E-state index contributed by atoms with van der Waals surface area (Å²) in [6.45, 7) is 5.85. The van der Waals surface area contributed by atoms with E-state index >= 15 is 0 Å². The number of ether oxygens (including phenoxy) is 2. The maximum Gasteiger partial charge on any atom is 0.119 e. The molecule has 0 heterocycles. The first-order valence-electron chi connectivity index (χ1n) is 11.4. The molecule has 0 unspecified atom stereocenters. The molecule has 160 valence electrons. The van der Waals surface area contributed by atoms with Crippen LogP contribution in [0.2, 0.25) is 0 Å². The van der Waals surface area contributed by atoms with Gasteiger partial charge in [0.05, 0.1) is 6.61 Å². The van der Waals surface area contributed by atoms with Crippen LogP contribution in [0.1, 0.15) is 76.3 Å². The van der Waals surface area contributed by atoms with E-state index in [9.17, 15) is 0 Å². The molecule has 0 aliphatic heterocycles. The van der Waals surface area contributed by atoms with Gasteiger partial charge in [-0.2, -0.15) is 0 Å². The molecule has 0 saturated heterocycles. The molecule has 0 atom stereocenters. The summed E-state index contributed by atoms with van der Waals surface area (Å²) in [4.78, 5) is 0. The molecule has 0 aromatic heterocycles. The average molecular weight is 405 g/mol. The Bertz CT molecular complexity index is 776. The number of rotatable bonds is 13. The predicted molar refractivity (Wildman–Crippen MR) is 127 cm³/mol. The quantitative estimate of drug-likeness (QED) is 0.195. The first-order chi connectivity index (χ1) is 14.8. The van der Waals surface area contributed by atoms with Gasteiger partial charge in [0.25, 0.3) is 0 Å². The van der Waals surface area contributed by atoms with Crippen LogP contribution in [0.15, 0.2) is 60.7 Å². The Morgan fingerprint density at radius 2 is 1.20 bits per heavy atom. The summed E-state index contributed by atoms with van der Waals surface area (Å²) in [7, 11) is 0. The smallest absolute Gasteiger partial charge is 0.119 e. The summed E-state index contributed by atoms with van der Waals surface area (Å²) in [5.41, 5.74) is 1.97. The van der Waals surface area contributed by atoms with Crippen LogP contribution in [0.5, 0.6) is 11.5 Å². The molecule has 0 aliphatic carbocycles. The van der Waals surface area contributed by atoms with Crippen LogP contribution in [0.4, 0.5) is 0 Å². The molecule has 2 aromatic carbocycles. The van der Waals surface area contributed by atoms with Gasteiger partial charge in [0.2, 0.25) is 0 Å². The molecule has 0 spiro atoms. The molecule has 0 amide bonds. The van der Waals surface area contributed by atoms with Crippen molar-refractivity contribution in [3.63, 3.8) is 0 Å². The molecule has 0 radical (unpaired) electrons. The Balaban J connectivity index is 1.74. The highest BCUT2D eigenvalue weighted by atomic mass is 16.5. The maximum absolute atomic E-state index is 5.78. The third-order valence-corrected chi connectivity index (χ3v) is 4.81. The summed E-state index contributed by atoms with van der Waals surface area (Å²) in [6.07, 6.45) is 14.1. The lowest BCUT2D eigenvalue weighted by atomic mass is 10.1. The van der Waals surface area contributed by atoms with Crippen LogP contribution in [0.3, 0.4) is 0 Å². The second-order valence-electron chi connectivity index (χ2n) is 7.49. The standard InChI is InChI=1S/C28H36O2/c1-3-5-7-9-10-12-24-30-28-21-17-26(18-22-28)14-13-25-15-19-27(20-16-25)29-23-11-8-6-4-2/h10,12,15-22H,3-9,11,23-24H2,1-2H3. The van der Waals surface area contributed by atoms with E-state index in [0.717, 1.165) is 42.1 Å². The van der Waals surface area contributed by atoms with Crippen molar-refractivity contribution in [2.24, 2.45) is 0 Å². The molecule has 0 N–H and O–H groups in total. The third-order valence-electron chi connectivity index (χ3n) is 4.81. The summed E-state index contributed by atoms with van der Waals surface area (Å²) in [6, 6.07) is 16.0. The first kappa shape index (κ1) is 23.6. The summed E-state index contributed by atoms with van der Waals surface area (Å²) >= 11 is 0. The van der Waals surface area contributed by atoms with E-state index in [1.807, 2.05) is 48.5 Å². The van der Waals surface area contributed by atoms with Gasteiger partial charge < -0.3 is 9.47 Å². The molecular weight excluding hydrogens is 368 g/mol. The van der Waals surface area contributed by atoms with Gasteiger partial charge in [0.15, 0.2) is 0 Å². The van der Waals surface area contributed by atoms with E-state index in [1.165, 1.54) is 38.5 Å². The van der Waals surface area contributed by atoms with Gasteiger partial charge in [0, 0.05) is 11.1 Å². The number of hydrogen-bond acceptors (Lipinski definition) is 2. The van der Waals surface area contributed by atoms with E-state index in [4.69, 9.17) is 9.47 Å². The van der Waals surface area contributed by atoms with Gasteiger partial charge in [-0.3, -0.25) is 0 Å². The van der Waals surface area contributed by atoms with Gasteiger partial charge in [-0.05, 0) is 67.8 Å². The van der Waals surface area contributed by atoms with E-state index < -0.39 is 0 Å². The van der Waals surface area contributed by atoms with Crippen LogP contribution >= 0.6 is 0 Å². The van der Waals surface area contributed by atoms with Crippen molar-refractivity contribution < 1.29 is 9.47 Å². The molecule has 30 heavy (non-hydrogen) atoms. The van der Waals surface area contributed by atoms with Crippen molar-refractivity contribution >= 4 is 0 Å². The first-order valence-corrected chi connectivity index (χ1v) is 11.4. The Kier molecular flexibility index (Phi) is 12.0. The van der Waals surface area contributed by atoms with Gasteiger partial charge in [-0.15, -0.1) is 0 Å². The molecule has 0 fully saturated rings. The van der Waals surface area contributed by atoms with Crippen molar-refractivity contribution in [3.05, 3.63) is 71.8 Å². The molecule has 2 aromatic rings. The van der Waals surface area contributed by atoms with E-state index in [1.54, 1.807) is 0 Å². The highest BCUT2D eigenvalue weighted by Crippen LogP contribution is 2.14. The highest BCUT2D eigenvalue weighted by molar-refractivity contribution is 5.45. The molecule has 2 rings (SSSR count). The Morgan fingerprint density at radius 3 is 1.80 bits per heavy atom. The largest absolute Gasteiger partial charge is 0.494 e. The fraction of sp³-hybridized carbons (Fsp3) is 0.429. The molecule has 2 heteroatoms. The lowest BCUT2D eigenvalue weighted by Gasteiger charge is -2.05. The van der Waals surface area contributed by atoms with Gasteiger partial charge in [-0.25, -0.2) is 0 Å². The van der Waals surface area contributed by atoms with Crippen molar-refractivity contribution in [1.29, 1.82) is 0 Å². The van der Waals surface area contributed by atoms with E-state index in [0.29, 0.717) is 6.61 Å². The average Bonchev–Trinajstić information content (AvgIpc) is 2.78. The molecule has 0 bridgehead atoms. The van der Waals surface area contributed by atoms with Crippen LogP contribution in [0.25, 0.3) is 0 Å². The fourth-order valence-corrected chi connectivity index (χ4v) is 2.97. The maximum atomic E-state index is 5.78. The van der Waals surface area contributed by atoms with Crippen molar-refractivity contribution in [3.8, 4) is 23.3 Å². The third kappa shape index (κ3) is 10.2. The van der Waals surface area contributed by atoms with Crippen LogP contribution in [0, 0.1) is 11.8 Å². The molecule has 0 saturated carbocycles. The van der Waals surface area contributed by atoms with Gasteiger partial charge in [0.1, 0.15) is 18.1 Å². The van der Waals surface area contributed by atoms with Crippen LogP contribution in [-0.4, -0.2) is 13.2 Å². The Hall–Kier alpha value is -2.66. The number of unbranched alkanes of at least 4 members (excludes halogenated alkanes) is 6. The van der Waals surface area contributed by atoms with E-state index in [2.05, 4.69) is 37.8 Å². The monoisotopic (exact) mass is 404 g/mol. The van der Waals surface area contributed by atoms with E-state index in [-0.39, 0.29) is 0 Å². The zero-order valence-electron chi connectivity index (χ0n) is 18.7. The number of benzene rings is 2. The molecule has 2 nitrogen and oxygen atoms in total. The second-order valence-corrected chi connectivity index (χ2v) is 7.49. The Morgan fingerprint density at radius 1 is 0.633 bits per heavy atom. The van der Waals surface area contributed by atoms with Crippen LogP contribution < -0.4 is 9.47 Å². The van der Waals surface area contributed by atoms with Crippen molar-refractivity contribution in [2.45, 2.75) is 65.2 Å². The number of allylic oxidation sites excluding steroid dienone is 1. The highest BCUT2D eigenvalue weighted by Gasteiger charge is 1.95. The zero-order valence-corrected chi connectivity index (χ0v) is 18.7. The number of hydrogen-bond donors (Lipinski definition) is 0. The summed E-state index contributed by atoms with van der Waals surface area (Å²) < 4.78 is 11.5. The summed E-state index contributed by atoms with van der Waals surface area (Å²) in [5, 5.41) is 0. The van der Waals surface area contributed by atoms with Gasteiger partial charge >= 0.3 is 0 Å². The SMILES string of the molecule is CCCCCC=CCOc1ccc(C#Cc2ccc(OCCCCCC)cc2)cc1. The Labute approximate surface area is 183 Å². The van der Waals surface area contributed by atoms with Crippen molar-refractivity contribution in [2.75, 3.05) is 13.2 Å². The minimum atomic E-state index is 0.615. The lowest BCUT2D eigenvalue weighted by Crippen LogP contribution is -1.96. The lowest BCUT2D eigenvalue weighted by molar-refractivity contribution is 0.305. The second kappa shape index (κ2) is 15.2. The minimum absolute atomic E-state index is 0.615. The molecule has 0 aliphatic rings.